The van der Waals surface area contributed by atoms with Crippen molar-refractivity contribution in [1.29, 1.82) is 0 Å². The highest BCUT2D eigenvalue weighted by Crippen LogP contribution is 2.27. The third-order valence-corrected chi connectivity index (χ3v) is 4.37. The van der Waals surface area contributed by atoms with Gasteiger partial charge in [0.15, 0.2) is 0 Å². The topological polar surface area (TPSA) is 61.4 Å². The second-order valence-electron chi connectivity index (χ2n) is 6.13. The molecule has 0 radical (unpaired) electrons. The molecule has 0 saturated carbocycles. The average molecular weight is 281 g/mol. The van der Waals surface area contributed by atoms with Crippen LogP contribution in [0.2, 0.25) is 0 Å². The molecule has 1 aromatic heterocycles. The minimum absolute atomic E-state index is 0.0124. The van der Waals surface area contributed by atoms with E-state index in [1.54, 1.807) is 0 Å². The molecule has 0 aromatic carbocycles. The number of amides is 2. The van der Waals surface area contributed by atoms with Crippen LogP contribution < -0.4 is 10.2 Å². The summed E-state index contributed by atoms with van der Waals surface area (Å²) in [5.74, 6) is 0.899. The maximum atomic E-state index is 11.6. The van der Waals surface area contributed by atoms with E-state index in [4.69, 9.17) is 0 Å². The number of hydrogen-bond donors (Lipinski definition) is 1. The van der Waals surface area contributed by atoms with Crippen LogP contribution in [0.1, 0.15) is 26.6 Å². The molecule has 3 heterocycles. The number of carbonyl (C=O) groups is 1. The number of urea groups is 1. The smallest absolute Gasteiger partial charge is 0.317 e. The summed E-state index contributed by atoms with van der Waals surface area (Å²) in [5.41, 5.74) is -0.0124. The number of aromatic nitrogens is 2. The van der Waals surface area contributed by atoms with Crippen LogP contribution in [0.25, 0.3) is 0 Å². The third kappa shape index (κ3) is 2.27. The Balaban J connectivity index is 1.74. The van der Waals surface area contributed by atoms with Gasteiger partial charge in [-0.05, 0) is 0 Å². The number of nitrogens with one attached hydrogen (secondary N) is 1. The van der Waals surface area contributed by atoms with Gasteiger partial charge in [0.05, 0.1) is 6.04 Å². The van der Waals surface area contributed by atoms with Gasteiger partial charge in [-0.3, -0.25) is 0 Å². The zero-order valence-corrected chi connectivity index (χ0v) is 12.3. The number of hydrogen-bond acceptors (Lipinski definition) is 5. The summed E-state index contributed by atoms with van der Waals surface area (Å²) >= 11 is 1.46. The van der Waals surface area contributed by atoms with E-state index < -0.39 is 0 Å². The van der Waals surface area contributed by atoms with E-state index in [9.17, 15) is 4.79 Å². The molecule has 1 unspecified atom stereocenters. The Morgan fingerprint density at radius 2 is 2.16 bits per heavy atom. The summed E-state index contributed by atoms with van der Waals surface area (Å²) in [6.07, 6.45) is 0. The first-order valence-electron chi connectivity index (χ1n) is 6.59. The zero-order valence-electron chi connectivity index (χ0n) is 11.5. The van der Waals surface area contributed by atoms with Crippen molar-refractivity contribution in [2.75, 3.05) is 31.1 Å². The molecular weight excluding hydrogens is 262 g/mol. The lowest BCUT2D eigenvalue weighted by molar-refractivity contribution is 0.197. The molecule has 1 atom stereocenters. The first kappa shape index (κ1) is 12.7. The molecule has 0 bridgehead atoms. The van der Waals surface area contributed by atoms with Crippen LogP contribution in [0.5, 0.6) is 0 Å². The maximum absolute atomic E-state index is 11.6. The molecule has 2 aliphatic heterocycles. The second kappa shape index (κ2) is 4.33. The molecule has 7 heteroatoms. The van der Waals surface area contributed by atoms with Crippen LogP contribution in [0, 0.1) is 0 Å². The molecule has 2 fully saturated rings. The molecule has 19 heavy (non-hydrogen) atoms. The van der Waals surface area contributed by atoms with Gasteiger partial charge in [-0.25, -0.2) is 9.78 Å². The van der Waals surface area contributed by atoms with Crippen molar-refractivity contribution in [3.05, 3.63) is 5.82 Å². The summed E-state index contributed by atoms with van der Waals surface area (Å²) < 4.78 is 4.46. The largest absolute Gasteiger partial charge is 0.343 e. The summed E-state index contributed by atoms with van der Waals surface area (Å²) in [6.45, 7) is 9.55. The predicted octanol–water partition coefficient (Wildman–Crippen LogP) is 1.05. The molecule has 1 aromatic rings. The van der Waals surface area contributed by atoms with Crippen LogP contribution in [0.3, 0.4) is 0 Å². The molecule has 1 N–H and O–H groups in total. The number of piperazine rings is 1. The van der Waals surface area contributed by atoms with Crippen LogP contribution in [0.4, 0.5) is 9.93 Å². The van der Waals surface area contributed by atoms with E-state index in [1.165, 1.54) is 11.5 Å². The fourth-order valence-corrected chi connectivity index (χ4v) is 3.32. The SMILES string of the molecule is CC(C)(C)c1nsc(N2CCN3C(=O)NCC3C2)n1. The highest BCUT2D eigenvalue weighted by molar-refractivity contribution is 7.09. The van der Waals surface area contributed by atoms with Crippen molar-refractivity contribution < 1.29 is 4.79 Å². The normalized spacial score (nSPS) is 23.5. The Morgan fingerprint density at radius 1 is 1.37 bits per heavy atom. The molecule has 0 spiro atoms. The van der Waals surface area contributed by atoms with Gasteiger partial charge in [-0.15, -0.1) is 0 Å². The van der Waals surface area contributed by atoms with Gasteiger partial charge in [0, 0.05) is 43.1 Å². The van der Waals surface area contributed by atoms with E-state index in [2.05, 4.69) is 40.3 Å². The van der Waals surface area contributed by atoms with Crippen LogP contribution in [-0.2, 0) is 5.41 Å². The fourth-order valence-electron chi connectivity index (χ4n) is 2.43. The Labute approximate surface area is 117 Å². The number of carbonyl (C=O) groups excluding carboxylic acids is 1. The molecule has 104 valence electrons. The van der Waals surface area contributed by atoms with E-state index in [-0.39, 0.29) is 17.5 Å². The standard InChI is InChI=1S/C12H19N5OS/c1-12(2,3)9-14-11(19-15-9)16-4-5-17-8(7-16)6-13-10(17)18/h8H,4-7H2,1-3H3,(H,13,18). The van der Waals surface area contributed by atoms with Crippen molar-refractivity contribution in [2.24, 2.45) is 0 Å². The molecule has 2 amide bonds. The lowest BCUT2D eigenvalue weighted by Crippen LogP contribution is -2.52. The third-order valence-electron chi connectivity index (χ3n) is 3.59. The van der Waals surface area contributed by atoms with Crippen molar-refractivity contribution in [1.82, 2.24) is 19.6 Å². The van der Waals surface area contributed by atoms with Crippen LogP contribution in [0.15, 0.2) is 0 Å². The highest BCUT2D eigenvalue weighted by atomic mass is 32.1. The number of nitrogens with zero attached hydrogens (tertiary/aromatic N) is 4. The van der Waals surface area contributed by atoms with Crippen molar-refractivity contribution in [3.63, 3.8) is 0 Å². The number of anilines is 1. The predicted molar refractivity (Wildman–Crippen MR) is 74.7 cm³/mol. The van der Waals surface area contributed by atoms with Crippen LogP contribution >= 0.6 is 11.5 Å². The van der Waals surface area contributed by atoms with E-state index in [1.807, 2.05) is 4.90 Å². The fraction of sp³-hybridized carbons (Fsp3) is 0.750. The molecule has 6 nitrogen and oxygen atoms in total. The second-order valence-corrected chi connectivity index (χ2v) is 6.86. The van der Waals surface area contributed by atoms with Gasteiger partial charge >= 0.3 is 6.03 Å². The average Bonchev–Trinajstić information content (AvgIpc) is 2.95. The first-order valence-corrected chi connectivity index (χ1v) is 7.36. The van der Waals surface area contributed by atoms with E-state index in [0.29, 0.717) is 0 Å². The van der Waals surface area contributed by atoms with Crippen molar-refractivity contribution in [3.8, 4) is 0 Å². The Bertz CT molecular complexity index is 495. The number of fused-ring (bicyclic) bond motifs is 1. The number of rotatable bonds is 1. The molecular formula is C12H19N5OS. The van der Waals surface area contributed by atoms with Crippen molar-refractivity contribution >= 4 is 22.7 Å². The van der Waals surface area contributed by atoms with Gasteiger partial charge in [0.1, 0.15) is 5.82 Å². The lowest BCUT2D eigenvalue weighted by atomic mass is 9.96. The lowest BCUT2D eigenvalue weighted by Gasteiger charge is -2.36. The van der Waals surface area contributed by atoms with Gasteiger partial charge in [-0.1, -0.05) is 20.8 Å². The Kier molecular flexibility index (Phi) is 2.88. The minimum atomic E-state index is -0.0124. The maximum Gasteiger partial charge on any atom is 0.317 e. The quantitative estimate of drug-likeness (QED) is 0.836. The summed E-state index contributed by atoms with van der Waals surface area (Å²) in [4.78, 5) is 20.4. The van der Waals surface area contributed by atoms with E-state index in [0.717, 1.165) is 37.1 Å². The summed E-state index contributed by atoms with van der Waals surface area (Å²) in [7, 11) is 0. The molecule has 2 aliphatic rings. The van der Waals surface area contributed by atoms with Crippen LogP contribution in [-0.4, -0.2) is 52.5 Å². The van der Waals surface area contributed by atoms with Gasteiger partial charge in [0.25, 0.3) is 0 Å². The van der Waals surface area contributed by atoms with Crippen molar-refractivity contribution in [2.45, 2.75) is 32.2 Å². The van der Waals surface area contributed by atoms with Gasteiger partial charge in [0.2, 0.25) is 5.13 Å². The highest BCUT2D eigenvalue weighted by Gasteiger charge is 2.36. The van der Waals surface area contributed by atoms with Gasteiger partial charge < -0.3 is 15.1 Å². The summed E-state index contributed by atoms with van der Waals surface area (Å²) in [6, 6.07) is 0.334. The first-order chi connectivity index (χ1) is 8.95. The summed E-state index contributed by atoms with van der Waals surface area (Å²) in [5, 5.41) is 3.87. The zero-order chi connectivity index (χ0) is 13.6. The molecule has 2 saturated heterocycles. The molecule has 3 rings (SSSR count). The minimum Gasteiger partial charge on any atom is -0.343 e. The van der Waals surface area contributed by atoms with Gasteiger partial charge in [-0.2, -0.15) is 4.37 Å². The molecule has 0 aliphatic carbocycles. The Hall–Kier alpha value is -1.37. The Morgan fingerprint density at radius 3 is 2.84 bits per heavy atom. The monoisotopic (exact) mass is 281 g/mol. The van der Waals surface area contributed by atoms with E-state index >= 15 is 0 Å².